The second kappa shape index (κ2) is 10.5. The zero-order valence-electron chi connectivity index (χ0n) is 20.4. The Kier molecular flexibility index (Phi) is 7.14. The molecule has 1 aliphatic carbocycles. The van der Waals surface area contributed by atoms with Gasteiger partial charge in [0.2, 0.25) is 0 Å². The topological polar surface area (TPSA) is 119 Å². The van der Waals surface area contributed by atoms with Crippen molar-refractivity contribution in [2.24, 2.45) is 11.7 Å². The standard InChI is InChI=1S/C27H29F2N5O3/c1-15-8-16(9-23(30)27(15)36)20-4-5-31-13-17(20)10-25-32-14-18-2-3-24(33-34(18)25)26-21(28)11-19(12-22(26)29)37-7-6-35/h2-5,11-16,23,27,35-36H,6-10,30H2,1H3/t15-,16+,23+,27+/m0/s1. The fraction of sp³-hybridized carbons (Fsp3) is 0.370. The van der Waals surface area contributed by atoms with Crippen LogP contribution in [0, 0.1) is 17.6 Å². The highest BCUT2D eigenvalue weighted by molar-refractivity contribution is 5.63. The van der Waals surface area contributed by atoms with Crippen LogP contribution < -0.4 is 10.5 Å². The summed E-state index contributed by atoms with van der Waals surface area (Å²) in [5.74, 6) is -0.789. The number of rotatable bonds is 7. The molecule has 5 rings (SSSR count). The van der Waals surface area contributed by atoms with E-state index in [4.69, 9.17) is 15.6 Å². The quantitative estimate of drug-likeness (QED) is 0.350. The lowest BCUT2D eigenvalue weighted by Gasteiger charge is -2.36. The summed E-state index contributed by atoms with van der Waals surface area (Å²) in [5.41, 5.74) is 8.81. The molecule has 4 aromatic rings. The lowest BCUT2D eigenvalue weighted by Crippen LogP contribution is -2.44. The third-order valence-electron chi connectivity index (χ3n) is 7.05. The summed E-state index contributed by atoms with van der Waals surface area (Å²) in [6.07, 6.45) is 6.59. The fourth-order valence-electron chi connectivity index (χ4n) is 5.21. The Hall–Kier alpha value is -3.47. The van der Waals surface area contributed by atoms with Crippen LogP contribution in [0.2, 0.25) is 0 Å². The predicted molar refractivity (Wildman–Crippen MR) is 133 cm³/mol. The van der Waals surface area contributed by atoms with Crippen LogP contribution in [-0.4, -0.2) is 55.2 Å². The summed E-state index contributed by atoms with van der Waals surface area (Å²) in [5, 5.41) is 23.7. The highest BCUT2D eigenvalue weighted by atomic mass is 19.1. The van der Waals surface area contributed by atoms with Gasteiger partial charge in [-0.2, -0.15) is 5.10 Å². The fourth-order valence-corrected chi connectivity index (χ4v) is 5.21. The summed E-state index contributed by atoms with van der Waals surface area (Å²) in [6.45, 7) is 1.68. The van der Waals surface area contributed by atoms with Gasteiger partial charge in [0.05, 0.1) is 35.7 Å². The Morgan fingerprint density at radius 2 is 1.92 bits per heavy atom. The third-order valence-corrected chi connectivity index (χ3v) is 7.05. The van der Waals surface area contributed by atoms with Crippen molar-refractivity contribution in [2.75, 3.05) is 13.2 Å². The van der Waals surface area contributed by atoms with Crippen LogP contribution in [0.3, 0.4) is 0 Å². The average Bonchev–Trinajstić information content (AvgIpc) is 3.27. The number of hydrogen-bond acceptors (Lipinski definition) is 7. The minimum Gasteiger partial charge on any atom is -0.491 e. The molecule has 3 heterocycles. The average molecular weight is 510 g/mol. The lowest BCUT2D eigenvalue weighted by atomic mass is 9.74. The SMILES string of the molecule is C[C@H]1C[C@@H](c2ccncc2Cc2ncc3ccc(-c4c(F)cc(OCCO)cc4F)nn23)C[C@@H](N)[C@@H]1O. The summed E-state index contributed by atoms with van der Waals surface area (Å²) in [6, 6.07) is 7.09. The van der Waals surface area contributed by atoms with Crippen molar-refractivity contribution in [1.29, 1.82) is 0 Å². The Labute approximate surface area is 212 Å². The number of halogens is 2. The second-order valence-electron chi connectivity index (χ2n) is 9.61. The first-order chi connectivity index (χ1) is 17.9. The highest BCUT2D eigenvalue weighted by Crippen LogP contribution is 2.37. The van der Waals surface area contributed by atoms with Gasteiger partial charge >= 0.3 is 0 Å². The molecule has 0 bridgehead atoms. The first-order valence-electron chi connectivity index (χ1n) is 12.3. The number of nitrogens with zero attached hydrogens (tertiary/aromatic N) is 4. The third kappa shape index (κ3) is 5.04. The van der Waals surface area contributed by atoms with Crippen molar-refractivity contribution >= 4 is 5.52 Å². The van der Waals surface area contributed by atoms with Crippen LogP contribution in [-0.2, 0) is 6.42 Å². The van der Waals surface area contributed by atoms with E-state index in [0.29, 0.717) is 24.2 Å². The van der Waals surface area contributed by atoms with Crippen molar-refractivity contribution in [3.8, 4) is 17.0 Å². The molecular formula is C27H29F2N5O3. The molecule has 0 saturated heterocycles. The molecule has 1 saturated carbocycles. The van der Waals surface area contributed by atoms with Crippen LogP contribution in [0.1, 0.15) is 42.6 Å². The van der Waals surface area contributed by atoms with Gasteiger partial charge in [0.1, 0.15) is 29.8 Å². The van der Waals surface area contributed by atoms with Crippen LogP contribution >= 0.6 is 0 Å². The smallest absolute Gasteiger partial charge is 0.139 e. The maximum atomic E-state index is 14.9. The first kappa shape index (κ1) is 25.2. The normalized spacial score (nSPS) is 21.9. The number of aliphatic hydroxyl groups excluding tert-OH is 2. The van der Waals surface area contributed by atoms with Crippen molar-refractivity contribution in [3.63, 3.8) is 0 Å². The number of pyridine rings is 1. The minimum atomic E-state index is -0.819. The van der Waals surface area contributed by atoms with Gasteiger partial charge in [-0.15, -0.1) is 0 Å². The number of benzene rings is 1. The van der Waals surface area contributed by atoms with Gasteiger partial charge in [-0.05, 0) is 54.0 Å². The summed E-state index contributed by atoms with van der Waals surface area (Å²) in [4.78, 5) is 8.83. The van der Waals surface area contributed by atoms with E-state index in [2.05, 4.69) is 15.1 Å². The zero-order valence-corrected chi connectivity index (χ0v) is 20.4. The van der Waals surface area contributed by atoms with Crippen LogP contribution in [0.5, 0.6) is 5.75 Å². The Bertz CT molecular complexity index is 1380. The monoisotopic (exact) mass is 509 g/mol. The predicted octanol–water partition coefficient (Wildman–Crippen LogP) is 3.23. The Morgan fingerprint density at radius 1 is 1.14 bits per heavy atom. The second-order valence-corrected chi connectivity index (χ2v) is 9.61. The number of hydrogen-bond donors (Lipinski definition) is 3. The largest absolute Gasteiger partial charge is 0.491 e. The molecule has 0 spiro atoms. The highest BCUT2D eigenvalue weighted by Gasteiger charge is 2.33. The van der Waals surface area contributed by atoms with Gasteiger partial charge in [-0.25, -0.2) is 18.3 Å². The first-order valence-corrected chi connectivity index (χ1v) is 12.3. The van der Waals surface area contributed by atoms with Gasteiger partial charge in [0, 0.05) is 37.0 Å². The zero-order chi connectivity index (χ0) is 26.1. The molecule has 1 aliphatic rings. The van der Waals surface area contributed by atoms with Crippen molar-refractivity contribution in [1.82, 2.24) is 19.6 Å². The van der Waals surface area contributed by atoms with Crippen LogP contribution in [0.25, 0.3) is 16.8 Å². The molecule has 8 nitrogen and oxygen atoms in total. The molecule has 1 aromatic carbocycles. The van der Waals surface area contributed by atoms with Crippen LogP contribution in [0.15, 0.2) is 48.9 Å². The summed E-state index contributed by atoms with van der Waals surface area (Å²) in [7, 11) is 0. The summed E-state index contributed by atoms with van der Waals surface area (Å²) < 4.78 is 36.4. The minimum absolute atomic E-state index is 0.00873. The van der Waals surface area contributed by atoms with E-state index < -0.39 is 17.7 Å². The molecule has 0 radical (unpaired) electrons. The molecule has 1 fully saturated rings. The van der Waals surface area contributed by atoms with Crippen LogP contribution in [0.4, 0.5) is 8.78 Å². The van der Waals surface area contributed by atoms with E-state index in [0.717, 1.165) is 29.7 Å². The van der Waals surface area contributed by atoms with E-state index >= 15 is 0 Å². The van der Waals surface area contributed by atoms with E-state index in [-0.39, 0.29) is 48.1 Å². The molecule has 0 aliphatic heterocycles. The van der Waals surface area contributed by atoms with Crippen molar-refractivity contribution < 1.29 is 23.7 Å². The maximum Gasteiger partial charge on any atom is 0.139 e. The molecule has 10 heteroatoms. The molecule has 3 aromatic heterocycles. The van der Waals surface area contributed by atoms with Gasteiger partial charge < -0.3 is 20.7 Å². The molecule has 4 N–H and O–H groups in total. The van der Waals surface area contributed by atoms with Crippen molar-refractivity contribution in [2.45, 2.75) is 44.2 Å². The molecular weight excluding hydrogens is 480 g/mol. The maximum absolute atomic E-state index is 14.9. The number of nitrogens with two attached hydrogens (primary N) is 1. The Balaban J connectivity index is 1.47. The molecule has 0 unspecified atom stereocenters. The Morgan fingerprint density at radius 3 is 2.65 bits per heavy atom. The lowest BCUT2D eigenvalue weighted by molar-refractivity contribution is 0.0519. The van der Waals surface area contributed by atoms with E-state index in [9.17, 15) is 13.9 Å². The van der Waals surface area contributed by atoms with E-state index in [1.165, 1.54) is 0 Å². The summed E-state index contributed by atoms with van der Waals surface area (Å²) >= 11 is 0. The molecule has 37 heavy (non-hydrogen) atoms. The van der Waals surface area contributed by atoms with Crippen molar-refractivity contribution in [3.05, 3.63) is 77.5 Å². The van der Waals surface area contributed by atoms with Gasteiger partial charge in [-0.1, -0.05) is 6.92 Å². The number of aromatic nitrogens is 4. The molecule has 4 atom stereocenters. The molecule has 0 amide bonds. The number of ether oxygens (including phenoxy) is 1. The van der Waals surface area contributed by atoms with Gasteiger partial charge in [0.15, 0.2) is 0 Å². The van der Waals surface area contributed by atoms with E-state index in [1.807, 2.05) is 13.0 Å². The molecule has 194 valence electrons. The number of imidazole rings is 1. The number of aliphatic hydroxyl groups is 2. The number of fused-ring (bicyclic) bond motifs is 1. The van der Waals surface area contributed by atoms with E-state index in [1.54, 1.807) is 35.2 Å². The van der Waals surface area contributed by atoms with Gasteiger partial charge in [0.25, 0.3) is 0 Å². The van der Waals surface area contributed by atoms with Gasteiger partial charge in [-0.3, -0.25) is 4.98 Å².